The normalized spacial score (nSPS) is 17.8. The molecule has 2 aromatic rings. The molecule has 2 aromatic carbocycles. The van der Waals surface area contributed by atoms with E-state index in [1.54, 1.807) is 18.2 Å². The second-order valence-corrected chi connectivity index (χ2v) is 8.10. The molecule has 0 spiro atoms. The van der Waals surface area contributed by atoms with Crippen molar-refractivity contribution in [2.75, 3.05) is 11.9 Å². The summed E-state index contributed by atoms with van der Waals surface area (Å²) >= 11 is 7.04. The number of para-hydroxylation sites is 1. The Hall–Kier alpha value is -2.78. The van der Waals surface area contributed by atoms with Crippen molar-refractivity contribution in [3.63, 3.8) is 0 Å². The van der Waals surface area contributed by atoms with Crippen LogP contribution in [0.4, 0.5) is 24.5 Å². The first-order valence-electron chi connectivity index (χ1n) is 9.08. The summed E-state index contributed by atoms with van der Waals surface area (Å²) in [4.78, 5) is 31.1. The van der Waals surface area contributed by atoms with Gasteiger partial charge in [0.05, 0.1) is 22.0 Å². The van der Waals surface area contributed by atoms with Crippen LogP contribution in [0.1, 0.15) is 12.0 Å². The maximum absolute atomic E-state index is 12.9. The van der Waals surface area contributed by atoms with Crippen LogP contribution in [0.5, 0.6) is 0 Å². The minimum Gasteiger partial charge on any atom is -0.325 e. The molecule has 1 unspecified atom stereocenters. The van der Waals surface area contributed by atoms with E-state index in [-0.39, 0.29) is 29.6 Å². The second-order valence-electron chi connectivity index (χ2n) is 6.52. The van der Waals surface area contributed by atoms with Crippen LogP contribution in [0, 0.1) is 0 Å². The molecule has 1 aliphatic rings. The van der Waals surface area contributed by atoms with Gasteiger partial charge in [-0.25, -0.2) is 4.99 Å². The Morgan fingerprint density at radius 2 is 1.97 bits per heavy atom. The van der Waals surface area contributed by atoms with Gasteiger partial charge in [-0.2, -0.15) is 13.2 Å². The molecule has 0 bridgehead atoms. The number of rotatable bonds is 6. The van der Waals surface area contributed by atoms with Crippen molar-refractivity contribution in [2.45, 2.75) is 17.8 Å². The lowest BCUT2D eigenvalue weighted by Gasteiger charge is -2.14. The van der Waals surface area contributed by atoms with Gasteiger partial charge in [-0.3, -0.25) is 14.5 Å². The van der Waals surface area contributed by atoms with E-state index in [2.05, 4.69) is 16.9 Å². The highest BCUT2D eigenvalue weighted by molar-refractivity contribution is 8.15. The van der Waals surface area contributed by atoms with Crippen LogP contribution in [0.3, 0.4) is 0 Å². The third-order valence-electron chi connectivity index (χ3n) is 4.25. The van der Waals surface area contributed by atoms with Crippen LogP contribution >= 0.6 is 23.4 Å². The fourth-order valence-electron chi connectivity index (χ4n) is 2.80. The number of amidine groups is 1. The third kappa shape index (κ3) is 5.68. The van der Waals surface area contributed by atoms with Gasteiger partial charge in [-0.15, -0.1) is 6.58 Å². The molecule has 0 saturated carbocycles. The van der Waals surface area contributed by atoms with Gasteiger partial charge in [0, 0.05) is 13.0 Å². The summed E-state index contributed by atoms with van der Waals surface area (Å²) < 4.78 is 38.8. The lowest BCUT2D eigenvalue weighted by molar-refractivity contribution is -0.137. The summed E-state index contributed by atoms with van der Waals surface area (Å²) in [5.41, 5.74) is -0.460. The molecule has 0 aliphatic carbocycles. The van der Waals surface area contributed by atoms with Crippen molar-refractivity contribution in [2.24, 2.45) is 4.99 Å². The molecule has 162 valence electrons. The fourth-order valence-corrected chi connectivity index (χ4v) is 4.13. The van der Waals surface area contributed by atoms with E-state index in [1.807, 2.05) is 18.2 Å². The number of carbonyl (C=O) groups is 2. The molecule has 1 atom stereocenters. The van der Waals surface area contributed by atoms with Crippen LogP contribution in [0.15, 0.2) is 66.2 Å². The number of anilines is 1. The van der Waals surface area contributed by atoms with Crippen molar-refractivity contribution < 1.29 is 22.8 Å². The van der Waals surface area contributed by atoms with Crippen molar-refractivity contribution >= 4 is 51.7 Å². The highest BCUT2D eigenvalue weighted by atomic mass is 35.5. The van der Waals surface area contributed by atoms with Crippen LogP contribution in [-0.2, 0) is 15.8 Å². The number of carbonyl (C=O) groups excluding carboxylic acids is 2. The van der Waals surface area contributed by atoms with Gasteiger partial charge in [0.2, 0.25) is 11.8 Å². The molecule has 3 rings (SSSR count). The Bertz CT molecular complexity index is 1030. The van der Waals surface area contributed by atoms with Crippen molar-refractivity contribution in [1.29, 1.82) is 0 Å². The molecular formula is C21H17ClF3N3O2S. The Morgan fingerprint density at radius 3 is 2.61 bits per heavy atom. The van der Waals surface area contributed by atoms with Gasteiger partial charge in [-0.1, -0.05) is 47.6 Å². The van der Waals surface area contributed by atoms with E-state index in [0.717, 1.165) is 30.0 Å². The van der Waals surface area contributed by atoms with Crippen LogP contribution < -0.4 is 5.32 Å². The highest BCUT2D eigenvalue weighted by Gasteiger charge is 2.39. The number of nitrogens with one attached hydrogen (secondary N) is 1. The fraction of sp³-hybridized carbons (Fsp3) is 0.190. The Morgan fingerprint density at radius 1 is 1.26 bits per heavy atom. The number of halogens is 4. The first kappa shape index (κ1) is 22.9. The maximum atomic E-state index is 12.9. The summed E-state index contributed by atoms with van der Waals surface area (Å²) in [6.45, 7) is 3.85. The molecule has 1 saturated heterocycles. The first-order chi connectivity index (χ1) is 14.7. The second kappa shape index (κ2) is 9.57. The van der Waals surface area contributed by atoms with Crippen molar-refractivity contribution in [1.82, 2.24) is 4.90 Å². The number of amides is 2. The lowest BCUT2D eigenvalue weighted by atomic mass is 10.2. The van der Waals surface area contributed by atoms with Gasteiger partial charge in [0.1, 0.15) is 5.25 Å². The van der Waals surface area contributed by atoms with E-state index >= 15 is 0 Å². The summed E-state index contributed by atoms with van der Waals surface area (Å²) in [6, 6.07) is 11.7. The molecule has 0 aromatic heterocycles. The van der Waals surface area contributed by atoms with Crippen LogP contribution in [0.2, 0.25) is 5.02 Å². The maximum Gasteiger partial charge on any atom is 0.416 e. The number of benzene rings is 2. The Labute approximate surface area is 186 Å². The zero-order chi connectivity index (χ0) is 22.6. The Balaban J connectivity index is 1.75. The predicted molar refractivity (Wildman–Crippen MR) is 117 cm³/mol. The summed E-state index contributed by atoms with van der Waals surface area (Å²) in [5, 5.41) is 1.98. The zero-order valence-electron chi connectivity index (χ0n) is 16.0. The topological polar surface area (TPSA) is 61.8 Å². The molecule has 31 heavy (non-hydrogen) atoms. The molecule has 0 radical (unpaired) electrons. The molecule has 1 aliphatic heterocycles. The minimum absolute atomic E-state index is 0.0358. The molecule has 2 amide bonds. The average molecular weight is 468 g/mol. The minimum atomic E-state index is -4.57. The first-order valence-corrected chi connectivity index (χ1v) is 10.3. The van der Waals surface area contributed by atoms with Crippen molar-refractivity contribution in [3.8, 4) is 0 Å². The summed E-state index contributed by atoms with van der Waals surface area (Å²) in [5.74, 6) is -0.962. The number of nitrogens with zero attached hydrogens (tertiary/aromatic N) is 2. The third-order valence-corrected chi connectivity index (χ3v) is 5.76. The smallest absolute Gasteiger partial charge is 0.325 e. The molecular weight excluding hydrogens is 451 g/mol. The molecule has 5 nitrogen and oxygen atoms in total. The highest BCUT2D eigenvalue weighted by Crippen LogP contribution is 2.35. The van der Waals surface area contributed by atoms with Gasteiger partial charge in [0.25, 0.3) is 0 Å². The van der Waals surface area contributed by atoms with Gasteiger partial charge in [0.15, 0.2) is 5.17 Å². The average Bonchev–Trinajstić information content (AvgIpc) is 2.98. The SMILES string of the molecule is C=CCN1C(=O)C(CC(=O)Nc2cc(C(F)(F)F)ccc2Cl)SC1=Nc1ccccc1. The standard InChI is InChI=1S/C21H17ClF3N3O2S/c1-2-10-28-19(30)17(31-20(28)26-14-6-4-3-5-7-14)12-18(29)27-16-11-13(21(23,24)25)8-9-15(16)22/h2-9,11,17H,1,10,12H2,(H,27,29). The zero-order valence-corrected chi connectivity index (χ0v) is 17.6. The van der Waals surface area contributed by atoms with E-state index in [4.69, 9.17) is 11.6 Å². The Kier molecular flexibility index (Phi) is 7.07. The van der Waals surface area contributed by atoms with Gasteiger partial charge in [-0.05, 0) is 30.3 Å². The van der Waals surface area contributed by atoms with E-state index in [9.17, 15) is 22.8 Å². The molecule has 1 N–H and O–H groups in total. The van der Waals surface area contributed by atoms with Crippen LogP contribution in [0.25, 0.3) is 0 Å². The monoisotopic (exact) mass is 467 g/mol. The molecule has 1 heterocycles. The van der Waals surface area contributed by atoms with Gasteiger partial charge < -0.3 is 5.32 Å². The molecule has 10 heteroatoms. The number of hydrogen-bond acceptors (Lipinski definition) is 4. The summed E-state index contributed by atoms with van der Waals surface area (Å²) in [7, 11) is 0. The van der Waals surface area contributed by atoms with Crippen molar-refractivity contribution in [3.05, 3.63) is 71.8 Å². The summed E-state index contributed by atoms with van der Waals surface area (Å²) in [6.07, 6.45) is -3.28. The van der Waals surface area contributed by atoms with E-state index in [1.165, 1.54) is 4.90 Å². The molecule has 1 fully saturated rings. The lowest BCUT2D eigenvalue weighted by Crippen LogP contribution is -2.33. The number of thioether (sulfide) groups is 1. The quantitative estimate of drug-likeness (QED) is 0.570. The van der Waals surface area contributed by atoms with E-state index in [0.29, 0.717) is 10.9 Å². The largest absolute Gasteiger partial charge is 0.416 e. The van der Waals surface area contributed by atoms with Gasteiger partial charge >= 0.3 is 6.18 Å². The number of aliphatic imine (C=N–C) groups is 1. The number of hydrogen-bond donors (Lipinski definition) is 1. The predicted octanol–water partition coefficient (Wildman–Crippen LogP) is 5.51. The van der Waals surface area contributed by atoms with E-state index < -0.39 is 22.9 Å². The number of alkyl halides is 3. The van der Waals surface area contributed by atoms with Crippen LogP contribution in [-0.4, -0.2) is 33.7 Å².